The quantitative estimate of drug-likeness (QED) is 0.571. The summed E-state index contributed by atoms with van der Waals surface area (Å²) in [5.74, 6) is 0.706. The maximum Gasteiger partial charge on any atom is 0.258 e. The number of nitrogens with zero attached hydrogens (tertiary/aromatic N) is 2. The molecule has 0 atom stereocenters. The summed E-state index contributed by atoms with van der Waals surface area (Å²) in [5, 5.41) is 6.04. The molecular weight excluding hydrogens is 360 g/mol. The molecule has 5 heteroatoms. The predicted molar refractivity (Wildman–Crippen MR) is 119 cm³/mol. The highest BCUT2D eigenvalue weighted by Crippen LogP contribution is 2.24. The van der Waals surface area contributed by atoms with Crippen LogP contribution < -0.4 is 10.6 Å². The van der Waals surface area contributed by atoms with Crippen LogP contribution in [0, 0.1) is 0 Å². The van der Waals surface area contributed by atoms with Crippen molar-refractivity contribution >= 4 is 23.2 Å². The second kappa shape index (κ2) is 8.43. The molecule has 1 aromatic heterocycles. The highest BCUT2D eigenvalue weighted by Gasteiger charge is 2.14. The zero-order valence-electron chi connectivity index (χ0n) is 17.7. The maximum atomic E-state index is 12.5. The van der Waals surface area contributed by atoms with E-state index in [-0.39, 0.29) is 11.3 Å². The van der Waals surface area contributed by atoms with Gasteiger partial charge in [0.1, 0.15) is 0 Å². The zero-order chi connectivity index (χ0) is 21.0. The average Bonchev–Trinajstić information content (AvgIpc) is 2.68. The van der Waals surface area contributed by atoms with Crippen LogP contribution in [0.3, 0.4) is 0 Å². The van der Waals surface area contributed by atoms with Gasteiger partial charge in [0.05, 0.1) is 5.56 Å². The Labute approximate surface area is 172 Å². The monoisotopic (exact) mass is 388 g/mol. The Bertz CT molecular complexity index is 954. The molecular formula is C24H28N4O. The summed E-state index contributed by atoms with van der Waals surface area (Å²) in [6, 6.07) is 16.1. The molecule has 0 bridgehead atoms. The Morgan fingerprint density at radius 1 is 0.862 bits per heavy atom. The van der Waals surface area contributed by atoms with E-state index < -0.39 is 0 Å². The fraction of sp³-hybridized carbons (Fsp3) is 0.292. The van der Waals surface area contributed by atoms with Crippen LogP contribution in [-0.2, 0) is 5.41 Å². The van der Waals surface area contributed by atoms with Crippen molar-refractivity contribution in [3.63, 3.8) is 0 Å². The van der Waals surface area contributed by atoms with Gasteiger partial charge >= 0.3 is 0 Å². The highest BCUT2D eigenvalue weighted by atomic mass is 16.1. The molecule has 0 aliphatic carbocycles. The molecule has 5 nitrogen and oxygen atoms in total. The van der Waals surface area contributed by atoms with Crippen LogP contribution in [-0.4, -0.2) is 15.9 Å². The van der Waals surface area contributed by atoms with E-state index >= 15 is 0 Å². The normalized spacial score (nSPS) is 11.4. The molecule has 0 radical (unpaired) electrons. The average molecular weight is 389 g/mol. The van der Waals surface area contributed by atoms with Gasteiger partial charge in [-0.25, -0.2) is 9.97 Å². The van der Waals surface area contributed by atoms with Crippen LogP contribution in [0.1, 0.15) is 62.0 Å². The van der Waals surface area contributed by atoms with Crippen molar-refractivity contribution in [2.24, 2.45) is 0 Å². The molecule has 0 spiro atoms. The molecule has 0 unspecified atom stereocenters. The smallest absolute Gasteiger partial charge is 0.258 e. The molecule has 3 rings (SSSR count). The number of aromatic nitrogens is 2. The summed E-state index contributed by atoms with van der Waals surface area (Å²) in [6.07, 6.45) is 3.05. The van der Waals surface area contributed by atoms with E-state index in [1.807, 2.05) is 36.4 Å². The van der Waals surface area contributed by atoms with E-state index in [1.54, 1.807) is 0 Å². The lowest BCUT2D eigenvalue weighted by molar-refractivity contribution is 0.102. The van der Waals surface area contributed by atoms with Gasteiger partial charge in [-0.15, -0.1) is 0 Å². The minimum atomic E-state index is -0.235. The molecule has 0 saturated heterocycles. The van der Waals surface area contributed by atoms with Crippen molar-refractivity contribution in [2.45, 2.75) is 46.0 Å². The largest absolute Gasteiger partial charge is 0.324 e. The number of benzene rings is 2. The van der Waals surface area contributed by atoms with Gasteiger partial charge in [0, 0.05) is 23.8 Å². The van der Waals surface area contributed by atoms with Crippen molar-refractivity contribution in [1.82, 2.24) is 9.97 Å². The van der Waals surface area contributed by atoms with Gasteiger partial charge in [-0.2, -0.15) is 0 Å². The molecule has 3 aromatic rings. The number of carbonyl (C=O) groups is 1. The van der Waals surface area contributed by atoms with Crippen molar-refractivity contribution < 1.29 is 4.79 Å². The van der Waals surface area contributed by atoms with E-state index in [4.69, 9.17) is 0 Å². The first kappa shape index (κ1) is 20.5. The molecule has 2 N–H and O–H groups in total. The van der Waals surface area contributed by atoms with Gasteiger partial charge in [0.15, 0.2) is 0 Å². The topological polar surface area (TPSA) is 66.9 Å². The zero-order valence-corrected chi connectivity index (χ0v) is 17.7. The van der Waals surface area contributed by atoms with Gasteiger partial charge in [-0.05, 0) is 46.7 Å². The van der Waals surface area contributed by atoms with E-state index in [9.17, 15) is 4.79 Å². The van der Waals surface area contributed by atoms with Crippen LogP contribution in [0.2, 0.25) is 0 Å². The Hall–Kier alpha value is -3.21. The van der Waals surface area contributed by atoms with Gasteiger partial charge < -0.3 is 10.6 Å². The fourth-order valence-electron chi connectivity index (χ4n) is 2.85. The number of hydrogen-bond acceptors (Lipinski definition) is 4. The molecule has 0 aliphatic rings. The Balaban J connectivity index is 1.62. The Morgan fingerprint density at radius 3 is 1.93 bits per heavy atom. The highest BCUT2D eigenvalue weighted by molar-refractivity contribution is 6.03. The summed E-state index contributed by atoms with van der Waals surface area (Å²) < 4.78 is 0. The van der Waals surface area contributed by atoms with E-state index in [0.29, 0.717) is 17.4 Å². The van der Waals surface area contributed by atoms with Gasteiger partial charge in [-0.1, -0.05) is 58.9 Å². The van der Waals surface area contributed by atoms with Gasteiger partial charge in [-0.3, -0.25) is 4.79 Å². The first-order valence-electron chi connectivity index (χ1n) is 9.83. The molecule has 0 saturated carbocycles. The summed E-state index contributed by atoms with van der Waals surface area (Å²) in [4.78, 5) is 21.0. The number of nitrogens with one attached hydrogen (secondary N) is 2. The minimum Gasteiger partial charge on any atom is -0.324 e. The summed E-state index contributed by atoms with van der Waals surface area (Å²) in [6.45, 7) is 10.8. The summed E-state index contributed by atoms with van der Waals surface area (Å²) in [5.41, 5.74) is 4.63. The molecule has 150 valence electrons. The summed E-state index contributed by atoms with van der Waals surface area (Å²) >= 11 is 0. The molecule has 0 aliphatic heterocycles. The van der Waals surface area contributed by atoms with Gasteiger partial charge in [0.2, 0.25) is 5.95 Å². The van der Waals surface area contributed by atoms with Crippen LogP contribution in [0.25, 0.3) is 0 Å². The van der Waals surface area contributed by atoms with Crippen molar-refractivity contribution in [3.05, 3.63) is 77.6 Å². The lowest BCUT2D eigenvalue weighted by Gasteiger charge is -2.19. The minimum absolute atomic E-state index is 0.0777. The molecule has 1 heterocycles. The fourth-order valence-corrected chi connectivity index (χ4v) is 2.85. The lowest BCUT2D eigenvalue weighted by atomic mass is 9.87. The SMILES string of the molecule is CC(C)c1ccc(Nc2ncc(C(=O)Nc3ccc(C(C)(C)C)cc3)cn2)cc1. The number of anilines is 3. The predicted octanol–water partition coefficient (Wildman–Crippen LogP) is 5.89. The van der Waals surface area contributed by atoms with Crippen molar-refractivity contribution in [2.75, 3.05) is 10.6 Å². The number of rotatable bonds is 5. The number of carbonyl (C=O) groups excluding carboxylic acids is 1. The third kappa shape index (κ3) is 5.41. The first-order chi connectivity index (χ1) is 13.7. The van der Waals surface area contributed by atoms with Crippen molar-refractivity contribution in [3.8, 4) is 0 Å². The van der Waals surface area contributed by atoms with Gasteiger partial charge in [0.25, 0.3) is 5.91 Å². The van der Waals surface area contributed by atoms with Crippen LogP contribution >= 0.6 is 0 Å². The second-order valence-corrected chi connectivity index (χ2v) is 8.48. The third-order valence-electron chi connectivity index (χ3n) is 4.76. The van der Waals surface area contributed by atoms with E-state index in [2.05, 4.69) is 67.4 Å². The third-order valence-corrected chi connectivity index (χ3v) is 4.76. The molecule has 1 amide bonds. The standard InChI is InChI=1S/C24H28N4O/c1-16(2)17-6-10-21(11-7-17)28-23-25-14-18(15-26-23)22(29)27-20-12-8-19(9-13-20)24(3,4)5/h6-16H,1-5H3,(H,27,29)(H,25,26,28). The maximum absolute atomic E-state index is 12.5. The summed E-state index contributed by atoms with van der Waals surface area (Å²) in [7, 11) is 0. The van der Waals surface area contributed by atoms with Crippen LogP contribution in [0.4, 0.5) is 17.3 Å². The lowest BCUT2D eigenvalue weighted by Crippen LogP contribution is -2.14. The van der Waals surface area contributed by atoms with Crippen LogP contribution in [0.5, 0.6) is 0 Å². The second-order valence-electron chi connectivity index (χ2n) is 8.48. The first-order valence-corrected chi connectivity index (χ1v) is 9.83. The van der Waals surface area contributed by atoms with E-state index in [0.717, 1.165) is 11.4 Å². The molecule has 0 fully saturated rings. The van der Waals surface area contributed by atoms with Crippen molar-refractivity contribution in [1.29, 1.82) is 0 Å². The molecule has 2 aromatic carbocycles. The van der Waals surface area contributed by atoms with Crippen LogP contribution in [0.15, 0.2) is 60.9 Å². The number of hydrogen-bond donors (Lipinski definition) is 2. The van der Waals surface area contributed by atoms with E-state index in [1.165, 1.54) is 23.5 Å². The Morgan fingerprint density at radius 2 is 1.41 bits per heavy atom. The number of amides is 1. The Kier molecular flexibility index (Phi) is 5.97. The molecule has 29 heavy (non-hydrogen) atoms.